The predicted molar refractivity (Wildman–Crippen MR) is 73.3 cm³/mol. The molecule has 6 nitrogen and oxygen atoms in total. The van der Waals surface area contributed by atoms with Crippen molar-refractivity contribution in [1.29, 1.82) is 0 Å². The molecule has 1 aliphatic heterocycles. The zero-order valence-corrected chi connectivity index (χ0v) is 12.6. The van der Waals surface area contributed by atoms with E-state index in [-0.39, 0.29) is 48.0 Å². The highest BCUT2D eigenvalue weighted by Gasteiger charge is 2.77. The van der Waals surface area contributed by atoms with Gasteiger partial charge >= 0.3 is 11.9 Å². The van der Waals surface area contributed by atoms with E-state index < -0.39 is 0 Å². The molecule has 1 heterocycles. The van der Waals surface area contributed by atoms with Gasteiger partial charge in [-0.2, -0.15) is 0 Å². The summed E-state index contributed by atoms with van der Waals surface area (Å²) < 4.78 is 10.1. The lowest BCUT2D eigenvalue weighted by Crippen LogP contribution is -2.57. The molecule has 118 valence electrons. The van der Waals surface area contributed by atoms with Crippen LogP contribution >= 0.6 is 0 Å². The van der Waals surface area contributed by atoms with Crippen LogP contribution in [0.15, 0.2) is 0 Å². The van der Waals surface area contributed by atoms with Crippen molar-refractivity contribution in [3.05, 3.63) is 0 Å². The SMILES string of the molecule is CCOC(=O)CN1C2CC(C(=O)OCC)CC3CC(O)C321. The van der Waals surface area contributed by atoms with Crippen LogP contribution in [0.2, 0.25) is 0 Å². The Morgan fingerprint density at radius 2 is 1.90 bits per heavy atom. The molecule has 3 rings (SSSR count). The van der Waals surface area contributed by atoms with Gasteiger partial charge in [-0.3, -0.25) is 14.5 Å². The number of rotatable bonds is 5. The normalized spacial score (nSPS) is 43.1. The minimum Gasteiger partial charge on any atom is -0.466 e. The van der Waals surface area contributed by atoms with Crippen LogP contribution < -0.4 is 0 Å². The second-order valence-corrected chi connectivity index (χ2v) is 6.20. The minimum atomic E-state index is -0.384. The highest BCUT2D eigenvalue weighted by atomic mass is 16.5. The average molecular weight is 297 g/mol. The van der Waals surface area contributed by atoms with E-state index in [1.54, 1.807) is 6.92 Å². The van der Waals surface area contributed by atoms with Crippen molar-refractivity contribution in [2.24, 2.45) is 11.8 Å². The van der Waals surface area contributed by atoms with Crippen LogP contribution in [-0.2, 0) is 19.1 Å². The fraction of sp³-hybridized carbons (Fsp3) is 0.867. The number of aliphatic hydroxyl groups excluding tert-OH is 1. The molecular formula is C15H23NO5. The molecule has 1 spiro atoms. The third kappa shape index (κ3) is 2.07. The summed E-state index contributed by atoms with van der Waals surface area (Å²) in [7, 11) is 0. The summed E-state index contributed by atoms with van der Waals surface area (Å²) in [5.74, 6) is -0.217. The van der Waals surface area contributed by atoms with Crippen LogP contribution in [0.25, 0.3) is 0 Å². The van der Waals surface area contributed by atoms with Crippen molar-refractivity contribution >= 4 is 11.9 Å². The Kier molecular flexibility index (Phi) is 3.69. The molecule has 21 heavy (non-hydrogen) atoms. The van der Waals surface area contributed by atoms with Gasteiger partial charge in [-0.15, -0.1) is 0 Å². The molecule has 1 N–H and O–H groups in total. The monoisotopic (exact) mass is 297 g/mol. The predicted octanol–water partition coefficient (Wildman–Crippen LogP) is 0.326. The lowest BCUT2D eigenvalue weighted by molar-refractivity contribution is -0.152. The van der Waals surface area contributed by atoms with E-state index in [1.165, 1.54) is 0 Å². The first-order chi connectivity index (χ1) is 10.1. The van der Waals surface area contributed by atoms with E-state index in [0.717, 1.165) is 6.42 Å². The van der Waals surface area contributed by atoms with Gasteiger partial charge in [0, 0.05) is 6.04 Å². The van der Waals surface area contributed by atoms with Crippen LogP contribution in [0.5, 0.6) is 0 Å². The highest BCUT2D eigenvalue weighted by molar-refractivity contribution is 5.75. The maximum atomic E-state index is 12.0. The lowest BCUT2D eigenvalue weighted by Gasteiger charge is -2.47. The van der Waals surface area contributed by atoms with Crippen LogP contribution in [0, 0.1) is 11.8 Å². The molecule has 6 unspecified atom stereocenters. The Balaban J connectivity index is 1.67. The molecule has 2 saturated carbocycles. The summed E-state index contributed by atoms with van der Waals surface area (Å²) in [4.78, 5) is 25.7. The van der Waals surface area contributed by atoms with Gasteiger partial charge in [-0.1, -0.05) is 0 Å². The quantitative estimate of drug-likeness (QED) is 0.582. The molecule has 0 bridgehead atoms. The van der Waals surface area contributed by atoms with Gasteiger partial charge in [0.25, 0.3) is 0 Å². The number of likely N-dealkylation sites (tertiary alicyclic amines) is 1. The fourth-order valence-corrected chi connectivity index (χ4v) is 4.48. The van der Waals surface area contributed by atoms with E-state index in [0.29, 0.717) is 26.1 Å². The first-order valence-electron chi connectivity index (χ1n) is 7.82. The van der Waals surface area contributed by atoms with E-state index in [1.807, 2.05) is 11.8 Å². The van der Waals surface area contributed by atoms with Crippen molar-refractivity contribution in [3.8, 4) is 0 Å². The van der Waals surface area contributed by atoms with Crippen LogP contribution in [-0.4, -0.2) is 59.4 Å². The number of nitrogens with zero attached hydrogens (tertiary/aromatic N) is 1. The van der Waals surface area contributed by atoms with E-state index in [4.69, 9.17) is 9.47 Å². The van der Waals surface area contributed by atoms with Crippen molar-refractivity contribution in [3.63, 3.8) is 0 Å². The molecule has 6 heteroatoms. The average Bonchev–Trinajstić information content (AvgIpc) is 3.09. The Hall–Kier alpha value is -1.14. The summed E-state index contributed by atoms with van der Waals surface area (Å²) in [6.45, 7) is 4.56. The first kappa shape index (κ1) is 14.8. The van der Waals surface area contributed by atoms with Gasteiger partial charge in [0.05, 0.1) is 37.3 Å². The molecule has 2 aliphatic carbocycles. The number of esters is 2. The molecule has 1 saturated heterocycles. The number of carbonyl (C=O) groups is 2. The fourth-order valence-electron chi connectivity index (χ4n) is 4.48. The summed E-state index contributed by atoms with van der Waals surface area (Å²) in [6, 6.07) is 0.110. The molecule has 3 aliphatic rings. The molecule has 0 radical (unpaired) electrons. The Bertz CT molecular complexity index is 453. The van der Waals surface area contributed by atoms with Gasteiger partial charge in [-0.05, 0) is 39.0 Å². The number of carbonyl (C=O) groups excluding carboxylic acids is 2. The number of hydrogen-bond donors (Lipinski definition) is 1. The van der Waals surface area contributed by atoms with E-state index in [9.17, 15) is 14.7 Å². The third-order valence-electron chi connectivity index (χ3n) is 5.34. The van der Waals surface area contributed by atoms with Crippen molar-refractivity contribution in [2.75, 3.05) is 19.8 Å². The standard InChI is InChI=1S/C15H23NO5/c1-3-20-13(18)8-16-11-6-9(14(19)21-4-2)5-10-7-12(17)15(10,11)16/h9-12,17H,3-8H2,1-2H3. The molecular weight excluding hydrogens is 274 g/mol. The second kappa shape index (κ2) is 5.25. The number of aliphatic hydroxyl groups is 1. The molecule has 0 aromatic rings. The van der Waals surface area contributed by atoms with Gasteiger partial charge in [0.2, 0.25) is 0 Å². The Morgan fingerprint density at radius 1 is 1.19 bits per heavy atom. The summed E-state index contributed by atoms with van der Waals surface area (Å²) in [6.07, 6.45) is 1.76. The minimum absolute atomic E-state index is 0.104. The molecule has 0 amide bonds. The topological polar surface area (TPSA) is 75.8 Å². The Morgan fingerprint density at radius 3 is 2.52 bits per heavy atom. The maximum Gasteiger partial charge on any atom is 0.320 e. The van der Waals surface area contributed by atoms with Gasteiger partial charge in [0.15, 0.2) is 0 Å². The highest BCUT2D eigenvalue weighted by Crippen LogP contribution is 2.65. The zero-order valence-electron chi connectivity index (χ0n) is 12.6. The Labute approximate surface area is 124 Å². The second-order valence-electron chi connectivity index (χ2n) is 6.20. The van der Waals surface area contributed by atoms with Gasteiger partial charge < -0.3 is 14.6 Å². The van der Waals surface area contributed by atoms with E-state index >= 15 is 0 Å². The van der Waals surface area contributed by atoms with Crippen molar-refractivity contribution in [2.45, 2.75) is 50.8 Å². The largest absolute Gasteiger partial charge is 0.466 e. The zero-order chi connectivity index (χ0) is 15.2. The van der Waals surface area contributed by atoms with Gasteiger partial charge in [0.1, 0.15) is 0 Å². The van der Waals surface area contributed by atoms with Crippen LogP contribution in [0.3, 0.4) is 0 Å². The number of hydrogen-bond acceptors (Lipinski definition) is 6. The van der Waals surface area contributed by atoms with Crippen molar-refractivity contribution in [1.82, 2.24) is 4.90 Å². The molecule has 6 atom stereocenters. The third-order valence-corrected chi connectivity index (χ3v) is 5.34. The summed E-state index contributed by atoms with van der Waals surface area (Å²) in [5.41, 5.74) is -0.268. The lowest BCUT2D eigenvalue weighted by atomic mass is 9.60. The molecule has 0 aromatic heterocycles. The molecule has 0 aromatic carbocycles. The van der Waals surface area contributed by atoms with E-state index in [2.05, 4.69) is 0 Å². The van der Waals surface area contributed by atoms with Crippen LogP contribution in [0.4, 0.5) is 0 Å². The molecule has 3 fully saturated rings. The maximum absolute atomic E-state index is 12.0. The van der Waals surface area contributed by atoms with Gasteiger partial charge in [-0.25, -0.2) is 0 Å². The number of ether oxygens (including phenoxy) is 2. The smallest absolute Gasteiger partial charge is 0.320 e. The first-order valence-corrected chi connectivity index (χ1v) is 7.82. The van der Waals surface area contributed by atoms with Crippen LogP contribution in [0.1, 0.15) is 33.1 Å². The summed E-state index contributed by atoms with van der Waals surface area (Å²) >= 11 is 0. The van der Waals surface area contributed by atoms with Crippen molar-refractivity contribution < 1.29 is 24.2 Å². The summed E-state index contributed by atoms with van der Waals surface area (Å²) in [5, 5.41) is 10.2.